The molecule has 24 heavy (non-hydrogen) atoms. The van der Waals surface area contributed by atoms with Gasteiger partial charge in [-0.3, -0.25) is 9.69 Å². The Balaban J connectivity index is 1.69. The van der Waals surface area contributed by atoms with E-state index in [0.29, 0.717) is 12.5 Å². The summed E-state index contributed by atoms with van der Waals surface area (Å²) in [6.45, 7) is 5.06. The summed E-state index contributed by atoms with van der Waals surface area (Å²) in [5.41, 5.74) is 2.55. The van der Waals surface area contributed by atoms with Crippen LogP contribution in [0.1, 0.15) is 35.8 Å². The summed E-state index contributed by atoms with van der Waals surface area (Å²) >= 11 is 1.85. The van der Waals surface area contributed by atoms with Gasteiger partial charge in [0.25, 0.3) is 6.47 Å². The highest BCUT2D eigenvalue weighted by molar-refractivity contribution is 7.09. The molecule has 3 rings (SSSR count). The van der Waals surface area contributed by atoms with Crippen molar-refractivity contribution in [2.75, 3.05) is 13.1 Å². The van der Waals surface area contributed by atoms with Crippen LogP contribution in [-0.2, 0) is 24.1 Å². The van der Waals surface area contributed by atoms with Crippen LogP contribution in [0.4, 0.5) is 0 Å². The van der Waals surface area contributed by atoms with Gasteiger partial charge in [-0.25, -0.2) is 0 Å². The highest BCUT2D eigenvalue weighted by atomic mass is 32.1. The number of ether oxygens (including phenoxy) is 1. The maximum atomic E-state index is 10.7. The van der Waals surface area contributed by atoms with Crippen molar-refractivity contribution >= 4 is 17.8 Å². The topological polar surface area (TPSA) is 29.5 Å². The lowest BCUT2D eigenvalue weighted by Gasteiger charge is -2.35. The zero-order valence-electron chi connectivity index (χ0n) is 14.2. The molecule has 1 aliphatic rings. The molecule has 1 aliphatic carbocycles. The molecule has 0 fully saturated rings. The molecule has 0 amide bonds. The van der Waals surface area contributed by atoms with Crippen LogP contribution in [0.2, 0.25) is 0 Å². The van der Waals surface area contributed by atoms with Gasteiger partial charge in [-0.05, 0) is 67.3 Å². The fourth-order valence-electron chi connectivity index (χ4n) is 3.70. The van der Waals surface area contributed by atoms with Gasteiger partial charge >= 0.3 is 0 Å². The van der Waals surface area contributed by atoms with Gasteiger partial charge in [0.1, 0.15) is 5.75 Å². The molecule has 0 aliphatic heterocycles. The number of hydrogen-bond donors (Lipinski definition) is 0. The maximum Gasteiger partial charge on any atom is 0.298 e. The van der Waals surface area contributed by atoms with Crippen LogP contribution in [0.25, 0.3) is 0 Å². The van der Waals surface area contributed by atoms with Crippen molar-refractivity contribution < 1.29 is 9.53 Å². The molecule has 1 atom stereocenters. The average molecular weight is 343 g/mol. The van der Waals surface area contributed by atoms with E-state index in [1.54, 1.807) is 0 Å². The van der Waals surface area contributed by atoms with Crippen molar-refractivity contribution in [1.29, 1.82) is 0 Å². The molecule has 0 saturated heterocycles. The third kappa shape index (κ3) is 4.05. The molecule has 0 unspecified atom stereocenters. The third-order valence-electron chi connectivity index (χ3n) is 4.84. The molecule has 0 bridgehead atoms. The molecule has 0 radical (unpaired) electrons. The second-order valence-electron chi connectivity index (χ2n) is 6.37. The zero-order chi connectivity index (χ0) is 16.8. The number of hydrogen-bond acceptors (Lipinski definition) is 4. The first-order valence-corrected chi connectivity index (χ1v) is 9.67. The summed E-state index contributed by atoms with van der Waals surface area (Å²) in [6.07, 6.45) is 5.49. The highest BCUT2D eigenvalue weighted by Crippen LogP contribution is 2.31. The van der Waals surface area contributed by atoms with Crippen LogP contribution in [0.3, 0.4) is 0 Å². The van der Waals surface area contributed by atoms with Gasteiger partial charge in [0.05, 0.1) is 0 Å². The predicted octanol–water partition coefficient (Wildman–Crippen LogP) is 4.10. The molecular weight excluding hydrogens is 318 g/mol. The lowest BCUT2D eigenvalue weighted by Crippen LogP contribution is -2.41. The Morgan fingerprint density at radius 3 is 2.96 bits per heavy atom. The number of nitrogens with zero attached hydrogens (tertiary/aromatic N) is 1. The quantitative estimate of drug-likeness (QED) is 0.676. The second kappa shape index (κ2) is 8.45. The van der Waals surface area contributed by atoms with E-state index < -0.39 is 0 Å². The van der Waals surface area contributed by atoms with E-state index in [1.165, 1.54) is 22.4 Å². The van der Waals surface area contributed by atoms with Gasteiger partial charge in [-0.1, -0.05) is 25.1 Å². The minimum absolute atomic E-state index is 0.534. The number of thiophene rings is 1. The fraction of sp³-hybridized carbons (Fsp3) is 0.450. The van der Waals surface area contributed by atoms with Crippen molar-refractivity contribution in [3.63, 3.8) is 0 Å². The molecule has 4 heteroatoms. The normalized spacial score (nSPS) is 16.8. The molecule has 1 heterocycles. The van der Waals surface area contributed by atoms with Crippen LogP contribution in [-0.4, -0.2) is 30.5 Å². The molecule has 0 N–H and O–H groups in total. The minimum Gasteiger partial charge on any atom is -0.428 e. The van der Waals surface area contributed by atoms with Crippen LogP contribution >= 0.6 is 11.3 Å². The monoisotopic (exact) mass is 343 g/mol. The van der Waals surface area contributed by atoms with Gasteiger partial charge in [0.15, 0.2) is 0 Å². The Labute approximate surface area is 148 Å². The van der Waals surface area contributed by atoms with Gasteiger partial charge in [0.2, 0.25) is 0 Å². The van der Waals surface area contributed by atoms with E-state index in [9.17, 15) is 4.79 Å². The summed E-state index contributed by atoms with van der Waals surface area (Å²) in [5, 5.41) is 2.16. The SMILES string of the molecule is CCCN(CCc1cccs1)[C@H]1CCc2c(cccc2OC=O)C1. The Kier molecular flexibility index (Phi) is 6.05. The summed E-state index contributed by atoms with van der Waals surface area (Å²) in [6, 6.07) is 11.0. The summed E-state index contributed by atoms with van der Waals surface area (Å²) in [4.78, 5) is 14.8. The molecular formula is C20H25NO2S. The third-order valence-corrected chi connectivity index (χ3v) is 5.78. The van der Waals surface area contributed by atoms with E-state index in [4.69, 9.17) is 4.74 Å². The van der Waals surface area contributed by atoms with Gasteiger partial charge in [0, 0.05) is 17.5 Å². The minimum atomic E-state index is 0.534. The zero-order valence-corrected chi connectivity index (χ0v) is 15.1. The molecule has 0 saturated carbocycles. The van der Waals surface area contributed by atoms with Gasteiger partial charge in [-0.15, -0.1) is 11.3 Å². The van der Waals surface area contributed by atoms with E-state index >= 15 is 0 Å². The Bertz CT molecular complexity index is 654. The molecule has 1 aromatic heterocycles. The number of carbonyl (C=O) groups excluding carboxylic acids is 1. The van der Waals surface area contributed by atoms with E-state index in [1.807, 2.05) is 23.5 Å². The molecule has 0 spiro atoms. The lowest BCUT2D eigenvalue weighted by atomic mass is 9.86. The second-order valence-corrected chi connectivity index (χ2v) is 7.40. The number of rotatable bonds is 8. The lowest BCUT2D eigenvalue weighted by molar-refractivity contribution is -0.120. The van der Waals surface area contributed by atoms with E-state index in [2.05, 4.69) is 35.4 Å². The Morgan fingerprint density at radius 1 is 1.29 bits per heavy atom. The first-order valence-electron chi connectivity index (χ1n) is 8.79. The van der Waals surface area contributed by atoms with Crippen LogP contribution in [0.5, 0.6) is 5.75 Å². The molecule has 3 nitrogen and oxygen atoms in total. The summed E-state index contributed by atoms with van der Waals surface area (Å²) < 4.78 is 5.15. The smallest absolute Gasteiger partial charge is 0.298 e. The summed E-state index contributed by atoms with van der Waals surface area (Å²) in [7, 11) is 0. The Morgan fingerprint density at radius 2 is 2.21 bits per heavy atom. The van der Waals surface area contributed by atoms with Crippen LogP contribution in [0, 0.1) is 0 Å². The van der Waals surface area contributed by atoms with Crippen molar-refractivity contribution in [1.82, 2.24) is 4.90 Å². The molecule has 1 aromatic carbocycles. The number of fused-ring (bicyclic) bond motifs is 1. The van der Waals surface area contributed by atoms with Crippen molar-refractivity contribution in [2.45, 2.75) is 45.1 Å². The summed E-state index contributed by atoms with van der Waals surface area (Å²) in [5.74, 6) is 0.738. The van der Waals surface area contributed by atoms with Crippen molar-refractivity contribution in [2.24, 2.45) is 0 Å². The van der Waals surface area contributed by atoms with Crippen molar-refractivity contribution in [3.8, 4) is 5.75 Å². The van der Waals surface area contributed by atoms with Gasteiger partial charge < -0.3 is 4.74 Å². The van der Waals surface area contributed by atoms with E-state index in [0.717, 1.165) is 44.5 Å². The standard InChI is InChI=1S/C20H25NO2S/c1-2-11-21(12-10-18-6-4-13-24-18)17-8-9-19-16(14-17)5-3-7-20(19)23-15-22/h3-7,13,15,17H,2,8-12,14H2,1H3/t17-/m0/s1. The molecule has 2 aromatic rings. The number of benzene rings is 1. The van der Waals surface area contributed by atoms with E-state index in [-0.39, 0.29) is 0 Å². The molecule has 128 valence electrons. The first kappa shape index (κ1) is 17.2. The maximum absolute atomic E-state index is 10.7. The largest absolute Gasteiger partial charge is 0.428 e. The fourth-order valence-corrected chi connectivity index (χ4v) is 4.40. The van der Waals surface area contributed by atoms with Crippen molar-refractivity contribution in [3.05, 3.63) is 51.7 Å². The number of carbonyl (C=O) groups is 1. The van der Waals surface area contributed by atoms with Crippen LogP contribution < -0.4 is 4.74 Å². The average Bonchev–Trinajstić information content (AvgIpc) is 3.12. The Hall–Kier alpha value is -1.65. The van der Waals surface area contributed by atoms with Crippen LogP contribution in [0.15, 0.2) is 35.7 Å². The van der Waals surface area contributed by atoms with Gasteiger partial charge in [-0.2, -0.15) is 0 Å². The predicted molar refractivity (Wildman–Crippen MR) is 98.8 cm³/mol. The first-order chi connectivity index (χ1) is 11.8. The highest BCUT2D eigenvalue weighted by Gasteiger charge is 2.25.